The van der Waals surface area contributed by atoms with E-state index in [1.807, 2.05) is 7.05 Å². The number of likely N-dealkylation sites (N-methyl/N-ethyl adjacent to an activating group) is 1. The van der Waals surface area contributed by atoms with Crippen LogP contribution in [0.2, 0.25) is 0 Å². The van der Waals surface area contributed by atoms with Crippen LogP contribution in [0.3, 0.4) is 0 Å². The summed E-state index contributed by atoms with van der Waals surface area (Å²) in [6.07, 6.45) is -2.37. The number of carbonyl (C=O) groups is 1. The van der Waals surface area contributed by atoms with Crippen molar-refractivity contribution in [3.8, 4) is 0 Å². The zero-order valence-electron chi connectivity index (χ0n) is 11.5. The van der Waals surface area contributed by atoms with Crippen LogP contribution >= 0.6 is 0 Å². The van der Waals surface area contributed by atoms with E-state index in [0.717, 1.165) is 12.8 Å². The summed E-state index contributed by atoms with van der Waals surface area (Å²) in [6, 6.07) is 2.34. The number of halogens is 4. The fraction of sp³-hybridized carbons (Fsp3) is 0.500. The monoisotopic (exact) mass is 304 g/mol. The number of nitrogens with one attached hydrogen (secondary N) is 1. The molecular weight excluding hydrogens is 288 g/mol. The van der Waals surface area contributed by atoms with Gasteiger partial charge in [0.1, 0.15) is 5.82 Å². The molecule has 0 saturated heterocycles. The van der Waals surface area contributed by atoms with Crippen molar-refractivity contribution in [2.45, 2.75) is 25.1 Å². The lowest BCUT2D eigenvalue weighted by Gasteiger charge is -2.16. The lowest BCUT2D eigenvalue weighted by molar-refractivity contribution is -0.137. The van der Waals surface area contributed by atoms with Gasteiger partial charge < -0.3 is 10.2 Å². The molecule has 1 aromatic carbocycles. The zero-order chi connectivity index (χ0) is 15.6. The first-order valence-corrected chi connectivity index (χ1v) is 6.64. The predicted octanol–water partition coefficient (Wildman–Crippen LogP) is 2.67. The summed E-state index contributed by atoms with van der Waals surface area (Å²) in [5.74, 6) is -1.79. The van der Waals surface area contributed by atoms with E-state index in [1.54, 1.807) is 0 Å². The van der Waals surface area contributed by atoms with Crippen LogP contribution in [0.4, 0.5) is 17.6 Å². The molecule has 1 fully saturated rings. The van der Waals surface area contributed by atoms with Gasteiger partial charge in [0.2, 0.25) is 0 Å². The molecule has 1 saturated carbocycles. The Labute approximate surface area is 119 Å². The van der Waals surface area contributed by atoms with Crippen molar-refractivity contribution in [1.82, 2.24) is 10.2 Å². The van der Waals surface area contributed by atoms with E-state index in [9.17, 15) is 22.4 Å². The quantitative estimate of drug-likeness (QED) is 0.848. The van der Waals surface area contributed by atoms with Gasteiger partial charge in [-0.3, -0.25) is 4.79 Å². The summed E-state index contributed by atoms with van der Waals surface area (Å²) >= 11 is 0. The lowest BCUT2D eigenvalue weighted by Crippen LogP contribution is -2.34. The van der Waals surface area contributed by atoms with E-state index in [4.69, 9.17) is 0 Å². The van der Waals surface area contributed by atoms with Gasteiger partial charge in [-0.25, -0.2) is 4.39 Å². The highest BCUT2D eigenvalue weighted by Crippen LogP contribution is 2.30. The van der Waals surface area contributed by atoms with Crippen LogP contribution in [0, 0.1) is 5.82 Å². The number of amides is 1. The molecule has 0 atom stereocenters. The largest absolute Gasteiger partial charge is 0.416 e. The Bertz CT molecular complexity index is 526. The topological polar surface area (TPSA) is 32.3 Å². The molecule has 1 aliphatic rings. The predicted molar refractivity (Wildman–Crippen MR) is 69.4 cm³/mol. The van der Waals surface area contributed by atoms with E-state index >= 15 is 0 Å². The van der Waals surface area contributed by atoms with Crippen LogP contribution in [0.15, 0.2) is 18.2 Å². The maximum absolute atomic E-state index is 13.5. The summed E-state index contributed by atoms with van der Waals surface area (Å²) in [5.41, 5.74) is -1.62. The number of hydrogen-bond acceptors (Lipinski definition) is 2. The van der Waals surface area contributed by atoms with Crippen molar-refractivity contribution in [3.63, 3.8) is 0 Å². The third kappa shape index (κ3) is 4.17. The Kier molecular flexibility index (Phi) is 4.51. The Balaban J connectivity index is 1.97. The summed E-state index contributed by atoms with van der Waals surface area (Å²) in [5, 5.41) is 2.44. The van der Waals surface area contributed by atoms with Gasteiger partial charge in [0.25, 0.3) is 5.91 Å². The first kappa shape index (κ1) is 15.8. The van der Waals surface area contributed by atoms with Crippen LogP contribution < -0.4 is 5.32 Å². The van der Waals surface area contributed by atoms with Crippen molar-refractivity contribution >= 4 is 5.91 Å². The average molecular weight is 304 g/mol. The van der Waals surface area contributed by atoms with Crippen LogP contribution in [0.1, 0.15) is 28.8 Å². The number of alkyl halides is 3. The summed E-state index contributed by atoms with van der Waals surface area (Å²) in [7, 11) is 1.91. The summed E-state index contributed by atoms with van der Waals surface area (Å²) in [4.78, 5) is 13.8. The molecule has 0 aliphatic heterocycles. The molecule has 1 N–H and O–H groups in total. The highest BCUT2D eigenvalue weighted by molar-refractivity contribution is 5.94. The normalized spacial score (nSPS) is 15.3. The maximum Gasteiger partial charge on any atom is 0.416 e. The van der Waals surface area contributed by atoms with Gasteiger partial charge >= 0.3 is 6.18 Å². The Morgan fingerprint density at radius 1 is 1.38 bits per heavy atom. The van der Waals surface area contributed by atoms with E-state index < -0.39 is 29.0 Å². The molecule has 0 unspecified atom stereocenters. The number of benzene rings is 1. The first-order valence-electron chi connectivity index (χ1n) is 6.64. The van der Waals surface area contributed by atoms with E-state index in [1.165, 1.54) is 0 Å². The highest BCUT2D eigenvalue weighted by Gasteiger charge is 2.32. The zero-order valence-corrected chi connectivity index (χ0v) is 11.5. The minimum absolute atomic E-state index is 0.265. The lowest BCUT2D eigenvalue weighted by atomic mass is 10.1. The number of rotatable bonds is 5. The van der Waals surface area contributed by atoms with Crippen LogP contribution in [0.5, 0.6) is 0 Å². The first-order chi connectivity index (χ1) is 9.79. The molecule has 116 valence electrons. The van der Waals surface area contributed by atoms with Crippen molar-refractivity contribution in [1.29, 1.82) is 0 Å². The third-order valence-corrected chi connectivity index (χ3v) is 3.46. The molecule has 0 bridgehead atoms. The van der Waals surface area contributed by atoms with Crippen LogP contribution in [-0.4, -0.2) is 37.0 Å². The highest BCUT2D eigenvalue weighted by atomic mass is 19.4. The Morgan fingerprint density at radius 2 is 2.05 bits per heavy atom. The van der Waals surface area contributed by atoms with Crippen molar-refractivity contribution in [3.05, 3.63) is 35.1 Å². The second kappa shape index (κ2) is 6.01. The maximum atomic E-state index is 13.5. The van der Waals surface area contributed by atoms with Crippen LogP contribution in [-0.2, 0) is 6.18 Å². The number of nitrogens with zero attached hydrogens (tertiary/aromatic N) is 1. The van der Waals surface area contributed by atoms with E-state index in [2.05, 4.69) is 10.2 Å². The Hall–Kier alpha value is -1.63. The number of hydrogen-bond donors (Lipinski definition) is 1. The van der Waals surface area contributed by atoms with Crippen molar-refractivity contribution < 1.29 is 22.4 Å². The molecule has 7 heteroatoms. The molecule has 1 aliphatic carbocycles. The van der Waals surface area contributed by atoms with Gasteiger partial charge in [-0.2, -0.15) is 13.2 Å². The van der Waals surface area contributed by atoms with Gasteiger partial charge in [-0.1, -0.05) is 0 Å². The van der Waals surface area contributed by atoms with Gasteiger partial charge in [-0.15, -0.1) is 0 Å². The standard InChI is InChI=1S/C14H16F4N2O/c1-20(10-3-4-10)7-6-19-13(21)11-8-9(14(16,17)18)2-5-12(11)15/h2,5,8,10H,3-4,6-7H2,1H3,(H,19,21). The molecular formula is C14H16F4N2O. The van der Waals surface area contributed by atoms with Gasteiger partial charge in [-0.05, 0) is 38.1 Å². The third-order valence-electron chi connectivity index (χ3n) is 3.46. The minimum atomic E-state index is -4.60. The second-order valence-electron chi connectivity index (χ2n) is 5.16. The minimum Gasteiger partial charge on any atom is -0.351 e. The summed E-state index contributed by atoms with van der Waals surface area (Å²) < 4.78 is 51.2. The van der Waals surface area contributed by atoms with Crippen LogP contribution in [0.25, 0.3) is 0 Å². The molecule has 21 heavy (non-hydrogen) atoms. The molecule has 0 aromatic heterocycles. The fourth-order valence-corrected chi connectivity index (χ4v) is 2.01. The Morgan fingerprint density at radius 3 is 2.62 bits per heavy atom. The van der Waals surface area contributed by atoms with Crippen molar-refractivity contribution in [2.75, 3.05) is 20.1 Å². The van der Waals surface area contributed by atoms with E-state index in [0.29, 0.717) is 30.8 Å². The molecule has 2 rings (SSSR count). The van der Waals surface area contributed by atoms with Gasteiger partial charge in [0, 0.05) is 19.1 Å². The second-order valence-corrected chi connectivity index (χ2v) is 5.16. The summed E-state index contributed by atoms with van der Waals surface area (Å²) in [6.45, 7) is 0.846. The van der Waals surface area contributed by atoms with Gasteiger partial charge in [0.05, 0.1) is 11.1 Å². The SMILES string of the molecule is CN(CCNC(=O)c1cc(C(F)(F)F)ccc1F)C1CC1. The molecule has 1 amide bonds. The smallest absolute Gasteiger partial charge is 0.351 e. The fourth-order valence-electron chi connectivity index (χ4n) is 2.01. The average Bonchev–Trinajstić information content (AvgIpc) is 3.21. The molecule has 0 spiro atoms. The van der Waals surface area contributed by atoms with E-state index in [-0.39, 0.29) is 6.54 Å². The molecule has 0 heterocycles. The number of carbonyl (C=O) groups excluding carboxylic acids is 1. The molecule has 3 nitrogen and oxygen atoms in total. The molecule has 0 radical (unpaired) electrons. The van der Waals surface area contributed by atoms with Crippen molar-refractivity contribution in [2.24, 2.45) is 0 Å². The van der Waals surface area contributed by atoms with Gasteiger partial charge in [0.15, 0.2) is 0 Å². The molecule has 1 aromatic rings.